The van der Waals surface area contributed by atoms with Gasteiger partial charge in [-0.05, 0) is 66.5 Å². The Balaban J connectivity index is 1.85. The van der Waals surface area contributed by atoms with Gasteiger partial charge in [0.2, 0.25) is 0 Å². The lowest BCUT2D eigenvalue weighted by atomic mass is 9.89. The van der Waals surface area contributed by atoms with E-state index >= 15 is 0 Å². The third-order valence-corrected chi connectivity index (χ3v) is 5.45. The Morgan fingerprint density at radius 2 is 1.73 bits per heavy atom. The molecule has 26 heavy (non-hydrogen) atoms. The van der Waals surface area contributed by atoms with Crippen LogP contribution >= 0.6 is 0 Å². The molecular formula is C23H29NO2. The fraction of sp³-hybridized carbons (Fsp3) is 0.435. The quantitative estimate of drug-likeness (QED) is 0.869. The van der Waals surface area contributed by atoms with Crippen LogP contribution in [-0.2, 0) is 12.8 Å². The fourth-order valence-corrected chi connectivity index (χ4v) is 4.03. The van der Waals surface area contributed by atoms with Crippen molar-refractivity contribution < 1.29 is 9.90 Å². The molecule has 0 fully saturated rings. The van der Waals surface area contributed by atoms with Gasteiger partial charge in [-0.25, -0.2) is 0 Å². The number of fused-ring (bicyclic) bond motifs is 1. The van der Waals surface area contributed by atoms with Crippen LogP contribution in [0.2, 0.25) is 0 Å². The molecule has 0 heterocycles. The van der Waals surface area contributed by atoms with Gasteiger partial charge in [0, 0.05) is 18.7 Å². The van der Waals surface area contributed by atoms with E-state index in [0.29, 0.717) is 18.7 Å². The lowest BCUT2D eigenvalue weighted by Gasteiger charge is -2.20. The van der Waals surface area contributed by atoms with Gasteiger partial charge in [0.15, 0.2) is 0 Å². The average molecular weight is 351 g/mol. The highest BCUT2D eigenvalue weighted by molar-refractivity contribution is 5.94. The molecule has 3 heteroatoms. The second-order valence-electron chi connectivity index (χ2n) is 8.00. The maximum atomic E-state index is 12.4. The van der Waals surface area contributed by atoms with E-state index in [9.17, 15) is 9.90 Å². The van der Waals surface area contributed by atoms with Crippen LogP contribution in [0, 0.1) is 5.41 Å². The fourth-order valence-electron chi connectivity index (χ4n) is 4.03. The highest BCUT2D eigenvalue weighted by atomic mass is 16.3. The normalized spacial score (nSPS) is 16.2. The van der Waals surface area contributed by atoms with Gasteiger partial charge in [-0.3, -0.25) is 4.79 Å². The van der Waals surface area contributed by atoms with Crippen molar-refractivity contribution in [1.29, 1.82) is 0 Å². The summed E-state index contributed by atoms with van der Waals surface area (Å²) in [5.41, 5.74) is 5.38. The number of hydrogen-bond donors (Lipinski definition) is 1. The first-order valence-electron chi connectivity index (χ1n) is 9.54. The molecule has 1 aliphatic carbocycles. The molecule has 0 saturated heterocycles. The van der Waals surface area contributed by atoms with E-state index in [1.54, 1.807) is 4.90 Å². The van der Waals surface area contributed by atoms with E-state index in [1.165, 1.54) is 11.1 Å². The number of nitrogens with zero attached hydrogens (tertiary/aromatic N) is 1. The van der Waals surface area contributed by atoms with E-state index in [-0.39, 0.29) is 11.3 Å². The smallest absolute Gasteiger partial charge is 0.253 e. The standard InChI is InChI=1S/C23H29NO2/c1-5-24(6-2)22(26)17-12-10-16(11-13-17)21(25)19-9-7-8-18-14-23(3,4)15-20(18)19/h7-13,21,25H,5-6,14-15H2,1-4H3. The summed E-state index contributed by atoms with van der Waals surface area (Å²) in [6.45, 7) is 9.92. The first-order valence-corrected chi connectivity index (χ1v) is 9.54. The number of amides is 1. The topological polar surface area (TPSA) is 40.5 Å². The second-order valence-corrected chi connectivity index (χ2v) is 8.00. The number of aliphatic hydroxyl groups excluding tert-OH is 1. The SMILES string of the molecule is CCN(CC)C(=O)c1ccc(C(O)c2cccc3c2CC(C)(C)C3)cc1. The number of aliphatic hydroxyl groups is 1. The van der Waals surface area contributed by atoms with Crippen LogP contribution in [0.25, 0.3) is 0 Å². The highest BCUT2D eigenvalue weighted by Crippen LogP contribution is 2.40. The first kappa shape index (κ1) is 18.7. The molecule has 0 aliphatic heterocycles. The third kappa shape index (κ3) is 3.54. The minimum Gasteiger partial charge on any atom is -0.384 e. The summed E-state index contributed by atoms with van der Waals surface area (Å²) < 4.78 is 0. The van der Waals surface area contributed by atoms with Crippen molar-refractivity contribution in [3.8, 4) is 0 Å². The number of carbonyl (C=O) groups is 1. The Bertz CT molecular complexity index is 788. The first-order chi connectivity index (χ1) is 12.4. The summed E-state index contributed by atoms with van der Waals surface area (Å²) in [5.74, 6) is 0.0402. The van der Waals surface area contributed by atoms with Crippen molar-refractivity contribution in [3.63, 3.8) is 0 Å². The molecule has 0 saturated carbocycles. The maximum Gasteiger partial charge on any atom is 0.253 e. The zero-order valence-electron chi connectivity index (χ0n) is 16.2. The van der Waals surface area contributed by atoms with E-state index < -0.39 is 6.10 Å². The third-order valence-electron chi connectivity index (χ3n) is 5.45. The number of benzene rings is 2. The van der Waals surface area contributed by atoms with E-state index in [2.05, 4.69) is 19.9 Å². The summed E-state index contributed by atoms with van der Waals surface area (Å²) in [4.78, 5) is 14.2. The molecule has 0 spiro atoms. The summed E-state index contributed by atoms with van der Waals surface area (Å²) in [7, 11) is 0. The van der Waals surface area contributed by atoms with Gasteiger partial charge < -0.3 is 10.0 Å². The van der Waals surface area contributed by atoms with Crippen LogP contribution in [-0.4, -0.2) is 29.0 Å². The molecule has 2 aromatic rings. The van der Waals surface area contributed by atoms with Crippen molar-refractivity contribution in [3.05, 3.63) is 70.3 Å². The summed E-state index contributed by atoms with van der Waals surface area (Å²) in [6.07, 6.45) is 1.39. The molecule has 2 aromatic carbocycles. The molecular weight excluding hydrogens is 322 g/mol. The molecule has 3 rings (SSSR count). The van der Waals surface area contributed by atoms with Crippen LogP contribution in [0.4, 0.5) is 0 Å². The molecule has 1 unspecified atom stereocenters. The van der Waals surface area contributed by atoms with Crippen molar-refractivity contribution in [2.45, 2.75) is 46.6 Å². The summed E-state index contributed by atoms with van der Waals surface area (Å²) >= 11 is 0. The number of hydrogen-bond acceptors (Lipinski definition) is 2. The van der Waals surface area contributed by atoms with Crippen molar-refractivity contribution in [2.75, 3.05) is 13.1 Å². The Hall–Kier alpha value is -2.13. The second kappa shape index (κ2) is 7.24. The molecule has 1 amide bonds. The van der Waals surface area contributed by atoms with Crippen LogP contribution in [0.1, 0.15) is 66.4 Å². The summed E-state index contributed by atoms with van der Waals surface area (Å²) in [6, 6.07) is 13.6. The Labute approximate surface area is 156 Å². The van der Waals surface area contributed by atoms with Crippen LogP contribution in [0.15, 0.2) is 42.5 Å². The van der Waals surface area contributed by atoms with Gasteiger partial charge >= 0.3 is 0 Å². The molecule has 0 radical (unpaired) electrons. The van der Waals surface area contributed by atoms with Gasteiger partial charge in [0.1, 0.15) is 6.10 Å². The molecule has 1 atom stereocenters. The van der Waals surface area contributed by atoms with Crippen molar-refractivity contribution >= 4 is 5.91 Å². The molecule has 0 bridgehead atoms. The Morgan fingerprint density at radius 3 is 2.35 bits per heavy atom. The predicted molar refractivity (Wildman–Crippen MR) is 105 cm³/mol. The number of carbonyl (C=O) groups excluding carboxylic acids is 1. The molecule has 138 valence electrons. The number of rotatable bonds is 5. The van der Waals surface area contributed by atoms with E-state index in [1.807, 2.05) is 50.2 Å². The Morgan fingerprint density at radius 1 is 1.08 bits per heavy atom. The minimum absolute atomic E-state index is 0.0402. The lowest BCUT2D eigenvalue weighted by Crippen LogP contribution is -2.30. The summed E-state index contributed by atoms with van der Waals surface area (Å²) in [5, 5.41) is 11.0. The maximum absolute atomic E-state index is 12.4. The van der Waals surface area contributed by atoms with Gasteiger partial charge in [0.25, 0.3) is 5.91 Å². The van der Waals surface area contributed by atoms with Crippen LogP contribution < -0.4 is 0 Å². The lowest BCUT2D eigenvalue weighted by molar-refractivity contribution is 0.0773. The molecule has 1 N–H and O–H groups in total. The van der Waals surface area contributed by atoms with Crippen molar-refractivity contribution in [1.82, 2.24) is 4.90 Å². The zero-order chi connectivity index (χ0) is 18.9. The zero-order valence-corrected chi connectivity index (χ0v) is 16.2. The molecule has 3 nitrogen and oxygen atoms in total. The van der Waals surface area contributed by atoms with Gasteiger partial charge in [-0.1, -0.05) is 44.2 Å². The van der Waals surface area contributed by atoms with Crippen LogP contribution in [0.5, 0.6) is 0 Å². The van der Waals surface area contributed by atoms with E-state index in [0.717, 1.165) is 24.0 Å². The Kier molecular flexibility index (Phi) is 5.19. The molecule has 1 aliphatic rings. The molecule has 0 aromatic heterocycles. The van der Waals surface area contributed by atoms with Crippen LogP contribution in [0.3, 0.4) is 0 Å². The van der Waals surface area contributed by atoms with Gasteiger partial charge in [-0.15, -0.1) is 0 Å². The minimum atomic E-state index is -0.656. The highest BCUT2D eigenvalue weighted by Gasteiger charge is 2.31. The van der Waals surface area contributed by atoms with Gasteiger partial charge in [-0.2, -0.15) is 0 Å². The average Bonchev–Trinajstić information content (AvgIpc) is 2.96. The van der Waals surface area contributed by atoms with Gasteiger partial charge in [0.05, 0.1) is 0 Å². The largest absolute Gasteiger partial charge is 0.384 e. The monoisotopic (exact) mass is 351 g/mol. The predicted octanol–water partition coefficient (Wildman–Crippen LogP) is 4.38. The van der Waals surface area contributed by atoms with E-state index in [4.69, 9.17) is 0 Å². The van der Waals surface area contributed by atoms with Crippen molar-refractivity contribution in [2.24, 2.45) is 5.41 Å².